The van der Waals surface area contributed by atoms with Gasteiger partial charge in [-0.25, -0.2) is 23.4 Å². The van der Waals surface area contributed by atoms with Crippen LogP contribution in [0.5, 0.6) is 17.4 Å². The van der Waals surface area contributed by atoms with Gasteiger partial charge in [0.05, 0.1) is 25.5 Å². The molecular weight excluding hydrogens is 460 g/mol. The molecule has 0 saturated carbocycles. The van der Waals surface area contributed by atoms with Crippen LogP contribution in [0.4, 0.5) is 0 Å². The van der Waals surface area contributed by atoms with E-state index in [1.165, 1.54) is 6.20 Å². The van der Waals surface area contributed by atoms with Crippen LogP contribution in [-0.2, 0) is 19.3 Å². The number of H-pyrrole nitrogens is 1. The molecule has 0 amide bonds. The molecule has 3 aromatic rings. The summed E-state index contributed by atoms with van der Waals surface area (Å²) in [5, 5.41) is -0.128. The number of rotatable bonds is 9. The number of benzene rings is 1. The van der Waals surface area contributed by atoms with E-state index in [1.807, 2.05) is 38.1 Å². The molecule has 180 valence electrons. The molecule has 11 heteroatoms. The van der Waals surface area contributed by atoms with E-state index in [1.54, 1.807) is 13.2 Å². The molecular formula is C23H26N4O6S. The van der Waals surface area contributed by atoms with Gasteiger partial charge >= 0.3 is 0 Å². The van der Waals surface area contributed by atoms with Gasteiger partial charge in [0.1, 0.15) is 29.4 Å². The first kappa shape index (κ1) is 23.7. The third-order valence-electron chi connectivity index (χ3n) is 4.86. The van der Waals surface area contributed by atoms with E-state index >= 15 is 0 Å². The van der Waals surface area contributed by atoms with Crippen molar-refractivity contribution in [1.82, 2.24) is 15.0 Å². The lowest BCUT2D eigenvalue weighted by Gasteiger charge is -2.16. The highest BCUT2D eigenvalue weighted by molar-refractivity contribution is 7.90. The Morgan fingerprint density at radius 3 is 2.56 bits per heavy atom. The fraction of sp³-hybridized carbons (Fsp3) is 0.348. The van der Waals surface area contributed by atoms with E-state index in [4.69, 9.17) is 18.9 Å². The lowest BCUT2D eigenvalue weighted by Crippen LogP contribution is -2.17. The molecule has 0 unspecified atom stereocenters. The maximum atomic E-state index is 11.6. The number of hydrogen-bond acceptors (Lipinski definition) is 9. The lowest BCUT2D eigenvalue weighted by atomic mass is 10.1. The fourth-order valence-electron chi connectivity index (χ4n) is 3.34. The van der Waals surface area contributed by atoms with Crippen LogP contribution >= 0.6 is 0 Å². The minimum atomic E-state index is -3.45. The molecule has 3 heterocycles. The van der Waals surface area contributed by atoms with Crippen molar-refractivity contribution in [2.24, 2.45) is 4.99 Å². The molecule has 34 heavy (non-hydrogen) atoms. The van der Waals surface area contributed by atoms with Gasteiger partial charge in [0.25, 0.3) is 0 Å². The quantitative estimate of drug-likeness (QED) is 0.489. The number of hydrogen-bond donors (Lipinski definition) is 1. The summed E-state index contributed by atoms with van der Waals surface area (Å²) in [5.41, 5.74) is 2.40. The summed E-state index contributed by atoms with van der Waals surface area (Å²) in [6.45, 7) is 4.91. The average Bonchev–Trinajstić information content (AvgIpc) is 3.43. The molecule has 0 radical (unpaired) electrons. The monoisotopic (exact) mass is 486 g/mol. The molecule has 0 bridgehead atoms. The molecule has 1 N–H and O–H groups in total. The Kier molecular flexibility index (Phi) is 6.85. The molecule has 0 saturated heterocycles. The van der Waals surface area contributed by atoms with Crippen LogP contribution in [0.3, 0.4) is 0 Å². The highest BCUT2D eigenvalue weighted by atomic mass is 32.2. The van der Waals surface area contributed by atoms with Crippen molar-refractivity contribution in [2.45, 2.75) is 31.1 Å². The predicted octanol–water partition coefficient (Wildman–Crippen LogP) is 3.25. The Bertz CT molecular complexity index is 1290. The third kappa shape index (κ3) is 5.72. The summed E-state index contributed by atoms with van der Waals surface area (Å²) in [6, 6.07) is 9.25. The minimum Gasteiger partial charge on any atom is -0.488 e. The van der Waals surface area contributed by atoms with E-state index in [0.29, 0.717) is 30.5 Å². The van der Waals surface area contributed by atoms with Crippen molar-refractivity contribution in [2.75, 3.05) is 26.5 Å². The predicted molar refractivity (Wildman–Crippen MR) is 125 cm³/mol. The Morgan fingerprint density at radius 1 is 1.15 bits per heavy atom. The van der Waals surface area contributed by atoms with Crippen LogP contribution in [-0.4, -0.2) is 68.0 Å². The molecule has 1 aliphatic heterocycles. The molecule has 0 spiro atoms. The van der Waals surface area contributed by atoms with Crippen LogP contribution in [0.15, 0.2) is 52.7 Å². The van der Waals surface area contributed by atoms with Gasteiger partial charge < -0.3 is 23.9 Å². The van der Waals surface area contributed by atoms with Crippen molar-refractivity contribution in [1.29, 1.82) is 0 Å². The van der Waals surface area contributed by atoms with E-state index in [-0.39, 0.29) is 23.1 Å². The summed E-state index contributed by atoms with van der Waals surface area (Å²) < 4.78 is 46.0. The fourth-order valence-corrected chi connectivity index (χ4v) is 3.83. The number of aromatic nitrogens is 3. The summed E-state index contributed by atoms with van der Waals surface area (Å²) in [5.74, 6) is 1.74. The topological polar surface area (TPSA) is 125 Å². The summed E-state index contributed by atoms with van der Waals surface area (Å²) in [7, 11) is -1.84. The van der Waals surface area contributed by atoms with Crippen molar-refractivity contribution in [3.8, 4) is 28.6 Å². The van der Waals surface area contributed by atoms with Crippen molar-refractivity contribution in [3.63, 3.8) is 0 Å². The zero-order chi connectivity index (χ0) is 24.3. The zero-order valence-corrected chi connectivity index (χ0v) is 20.1. The minimum absolute atomic E-state index is 0.0518. The number of methoxy groups -OCH3 is 1. The van der Waals surface area contributed by atoms with Crippen molar-refractivity contribution in [3.05, 3.63) is 48.4 Å². The van der Waals surface area contributed by atoms with Gasteiger partial charge in [-0.1, -0.05) is 0 Å². The second-order valence-corrected chi connectivity index (χ2v) is 9.97. The largest absolute Gasteiger partial charge is 0.488 e. The smallest absolute Gasteiger partial charge is 0.237 e. The van der Waals surface area contributed by atoms with Gasteiger partial charge in [0.15, 0.2) is 14.9 Å². The van der Waals surface area contributed by atoms with E-state index < -0.39 is 9.84 Å². The van der Waals surface area contributed by atoms with Crippen molar-refractivity contribution >= 4 is 15.7 Å². The SMILES string of the molecule is COC[C@H](C)Oc1cc(Oc2cnc(S(C)(=O)=O)cn2)cc(-c2ccc(C3=NC[C@H](C)O3)[nH]2)c1. The number of sulfone groups is 1. The molecule has 4 rings (SSSR count). The first-order chi connectivity index (χ1) is 16.2. The number of ether oxygens (including phenoxy) is 4. The van der Waals surface area contributed by atoms with Crippen LogP contribution in [0.1, 0.15) is 19.5 Å². The van der Waals surface area contributed by atoms with E-state index in [2.05, 4.69) is 19.9 Å². The third-order valence-corrected chi connectivity index (χ3v) is 5.83. The number of aromatic amines is 1. The molecule has 1 aliphatic rings. The number of nitrogens with zero attached hydrogens (tertiary/aromatic N) is 3. The Hall–Kier alpha value is -3.44. The van der Waals surface area contributed by atoms with Gasteiger partial charge in [-0.3, -0.25) is 0 Å². The molecule has 2 atom stereocenters. The van der Waals surface area contributed by atoms with E-state index in [9.17, 15) is 8.42 Å². The van der Waals surface area contributed by atoms with Crippen LogP contribution < -0.4 is 9.47 Å². The maximum absolute atomic E-state index is 11.6. The van der Waals surface area contributed by atoms with Gasteiger partial charge in [0, 0.05) is 30.7 Å². The standard InChI is InChI=1S/C23H26N4O6S/c1-14-10-26-23(32-14)20-6-5-19(27-20)16-7-17(31-15(2)13-30-3)9-18(8-16)33-21-11-25-22(12-24-21)34(4,28)29/h5-9,11-12,14-15,27H,10,13H2,1-4H3/t14-,15-/m0/s1. The first-order valence-electron chi connectivity index (χ1n) is 10.6. The van der Waals surface area contributed by atoms with Gasteiger partial charge in [0.2, 0.25) is 11.8 Å². The Labute approximate surface area is 197 Å². The van der Waals surface area contributed by atoms with Gasteiger partial charge in [-0.2, -0.15) is 0 Å². The highest BCUT2D eigenvalue weighted by Gasteiger charge is 2.19. The van der Waals surface area contributed by atoms with Crippen LogP contribution in [0.25, 0.3) is 11.3 Å². The first-order valence-corrected chi connectivity index (χ1v) is 12.5. The summed E-state index contributed by atoms with van der Waals surface area (Å²) in [4.78, 5) is 15.7. The molecule has 10 nitrogen and oxygen atoms in total. The second kappa shape index (κ2) is 9.82. The molecule has 0 fully saturated rings. The van der Waals surface area contributed by atoms with E-state index in [0.717, 1.165) is 29.4 Å². The maximum Gasteiger partial charge on any atom is 0.237 e. The number of aliphatic imine (C=N–C) groups is 1. The average molecular weight is 487 g/mol. The zero-order valence-electron chi connectivity index (χ0n) is 19.3. The van der Waals surface area contributed by atoms with Gasteiger partial charge in [-0.05, 0) is 38.1 Å². The van der Waals surface area contributed by atoms with Crippen molar-refractivity contribution < 1.29 is 27.4 Å². The highest BCUT2D eigenvalue weighted by Crippen LogP contribution is 2.32. The van der Waals surface area contributed by atoms with Crippen LogP contribution in [0, 0.1) is 0 Å². The summed E-state index contributed by atoms with van der Waals surface area (Å²) >= 11 is 0. The normalized spacial score (nSPS) is 16.6. The number of nitrogens with one attached hydrogen (secondary N) is 1. The molecule has 2 aromatic heterocycles. The molecule has 0 aliphatic carbocycles. The summed E-state index contributed by atoms with van der Waals surface area (Å²) in [6.07, 6.45) is 3.35. The Balaban J connectivity index is 1.64. The van der Waals surface area contributed by atoms with Crippen LogP contribution in [0.2, 0.25) is 0 Å². The second-order valence-electron chi connectivity index (χ2n) is 8.00. The molecule has 1 aromatic carbocycles. The lowest BCUT2D eigenvalue weighted by molar-refractivity contribution is 0.0920. The Morgan fingerprint density at radius 2 is 1.91 bits per heavy atom. The van der Waals surface area contributed by atoms with Gasteiger partial charge in [-0.15, -0.1) is 0 Å².